The predicted octanol–water partition coefficient (Wildman–Crippen LogP) is 0.990. The molecule has 0 saturated heterocycles. The minimum atomic E-state index is -1.43. The Morgan fingerprint density at radius 1 is 1.05 bits per heavy atom. The van der Waals surface area contributed by atoms with Gasteiger partial charge < -0.3 is 4.40 Å². The van der Waals surface area contributed by atoms with Gasteiger partial charge in [0.1, 0.15) is 0 Å². The average molecular weight is 296 g/mol. The average Bonchev–Trinajstić information content (AvgIpc) is 2.95. The van der Waals surface area contributed by atoms with Crippen molar-refractivity contribution in [1.82, 2.24) is 9.38 Å². The van der Waals surface area contributed by atoms with Gasteiger partial charge in [0.2, 0.25) is 0 Å². The second kappa shape index (κ2) is 5.28. The van der Waals surface area contributed by atoms with E-state index in [-0.39, 0.29) is 18.9 Å². The van der Waals surface area contributed by atoms with Crippen molar-refractivity contribution in [2.75, 3.05) is 0 Å². The van der Waals surface area contributed by atoms with Crippen LogP contribution in [-0.4, -0.2) is 17.5 Å². The van der Waals surface area contributed by atoms with Crippen molar-refractivity contribution in [3.05, 3.63) is 54.9 Å². The molecule has 0 spiro atoms. The Morgan fingerprint density at radius 3 is 2.59 bits per heavy atom. The van der Waals surface area contributed by atoms with Gasteiger partial charge in [-0.05, 0) is 10.6 Å². The van der Waals surface area contributed by atoms with E-state index >= 15 is 0 Å². The topological polar surface area (TPSA) is 17.3 Å². The minimum Gasteiger partial charge on any atom is -0.340 e. The van der Waals surface area contributed by atoms with Crippen LogP contribution in [0.4, 0.5) is 0 Å². The first-order chi connectivity index (χ1) is 10.1. The molecule has 2 aromatic carbocycles. The summed E-state index contributed by atoms with van der Waals surface area (Å²) in [5, 5.41) is 5.12. The Kier molecular flexibility index (Phi) is 3.68. The molecule has 4 heteroatoms. The van der Waals surface area contributed by atoms with Crippen LogP contribution in [0.25, 0.3) is 27.3 Å². The van der Waals surface area contributed by atoms with Gasteiger partial charge in [0.15, 0.2) is 0 Å². The molecule has 0 aliphatic carbocycles. The SMILES string of the molecule is C[Si](C)(C)c1cccc2c3ccc[c-]c3c3nccn3c12.[Li+]. The van der Waals surface area contributed by atoms with Crippen LogP contribution in [-0.2, 0) is 0 Å². The van der Waals surface area contributed by atoms with Crippen molar-refractivity contribution in [1.29, 1.82) is 0 Å². The maximum Gasteiger partial charge on any atom is 1.00 e. The van der Waals surface area contributed by atoms with E-state index in [4.69, 9.17) is 0 Å². The maximum absolute atomic E-state index is 4.57. The van der Waals surface area contributed by atoms with E-state index < -0.39 is 8.07 Å². The summed E-state index contributed by atoms with van der Waals surface area (Å²) >= 11 is 0. The maximum atomic E-state index is 4.57. The quantitative estimate of drug-likeness (QED) is 0.291. The first-order valence-corrected chi connectivity index (χ1v) is 10.8. The van der Waals surface area contributed by atoms with E-state index in [1.807, 2.05) is 12.3 Å². The summed E-state index contributed by atoms with van der Waals surface area (Å²) in [4.78, 5) is 4.57. The van der Waals surface area contributed by atoms with Gasteiger partial charge in [0, 0.05) is 17.9 Å². The van der Waals surface area contributed by atoms with Crippen molar-refractivity contribution in [2.24, 2.45) is 0 Å². The van der Waals surface area contributed by atoms with E-state index in [0.29, 0.717) is 0 Å². The fraction of sp³-hybridized carbons (Fsp3) is 0.167. The standard InChI is InChI=1S/C18H17N2Si.Li/c1-21(2,3)16-10-6-9-14-13-7-4-5-8-15(13)18-19-11-12-20(18)17(14)16;/h4-7,9-12H,1-3H3;/q-1;+1. The predicted molar refractivity (Wildman–Crippen MR) is 92.0 cm³/mol. The zero-order chi connectivity index (χ0) is 14.6. The summed E-state index contributed by atoms with van der Waals surface area (Å²) in [6.45, 7) is 7.18. The van der Waals surface area contributed by atoms with Gasteiger partial charge in [-0.2, -0.15) is 0 Å². The second-order valence-electron chi connectivity index (χ2n) is 6.53. The number of rotatable bonds is 1. The molecule has 2 nitrogen and oxygen atoms in total. The summed E-state index contributed by atoms with van der Waals surface area (Å²) in [7, 11) is -1.43. The monoisotopic (exact) mass is 296 g/mol. The molecule has 22 heavy (non-hydrogen) atoms. The molecule has 0 saturated carbocycles. The molecule has 0 radical (unpaired) electrons. The van der Waals surface area contributed by atoms with Gasteiger partial charge in [-0.1, -0.05) is 43.2 Å². The summed E-state index contributed by atoms with van der Waals surface area (Å²) in [5.74, 6) is 0. The molecule has 2 heterocycles. The van der Waals surface area contributed by atoms with Crippen LogP contribution in [0.2, 0.25) is 19.6 Å². The number of pyridine rings is 1. The Bertz CT molecular complexity index is 983. The molecule has 0 atom stereocenters. The number of aromatic nitrogens is 2. The van der Waals surface area contributed by atoms with Crippen LogP contribution >= 0.6 is 0 Å². The number of fused-ring (bicyclic) bond motifs is 6. The van der Waals surface area contributed by atoms with E-state index in [9.17, 15) is 0 Å². The number of benzene rings is 2. The number of imidazole rings is 1. The first-order valence-electron chi connectivity index (χ1n) is 7.26. The molecule has 4 rings (SSSR count). The summed E-state index contributed by atoms with van der Waals surface area (Å²) < 4.78 is 2.24. The molecule has 0 fully saturated rings. The van der Waals surface area contributed by atoms with Gasteiger partial charge >= 0.3 is 18.9 Å². The largest absolute Gasteiger partial charge is 1.00 e. The van der Waals surface area contributed by atoms with Gasteiger partial charge in [0.25, 0.3) is 0 Å². The fourth-order valence-electron chi connectivity index (χ4n) is 3.14. The third-order valence-electron chi connectivity index (χ3n) is 4.10. The van der Waals surface area contributed by atoms with E-state index in [1.165, 1.54) is 21.5 Å². The molecule has 0 aliphatic heterocycles. The van der Waals surface area contributed by atoms with Crippen LogP contribution in [0.3, 0.4) is 0 Å². The number of hydrogen-bond acceptors (Lipinski definition) is 1. The summed E-state index contributed by atoms with van der Waals surface area (Å²) in [5.41, 5.74) is 2.32. The molecule has 0 amide bonds. The smallest absolute Gasteiger partial charge is 0.340 e. The zero-order valence-corrected chi connectivity index (χ0v) is 14.5. The van der Waals surface area contributed by atoms with Crippen LogP contribution < -0.4 is 24.0 Å². The number of nitrogens with zero attached hydrogens (tertiary/aromatic N) is 2. The Morgan fingerprint density at radius 2 is 1.82 bits per heavy atom. The van der Waals surface area contributed by atoms with Crippen molar-refractivity contribution >= 4 is 40.6 Å². The molecular weight excluding hydrogens is 279 g/mol. The third kappa shape index (κ3) is 2.13. The zero-order valence-electron chi connectivity index (χ0n) is 13.5. The van der Waals surface area contributed by atoms with Crippen molar-refractivity contribution in [2.45, 2.75) is 19.6 Å². The Hall–Kier alpha value is -1.54. The molecule has 4 aromatic rings. The first kappa shape index (κ1) is 15.4. The van der Waals surface area contributed by atoms with Gasteiger partial charge in [0.05, 0.1) is 13.7 Å². The Balaban J connectivity index is 0.00000144. The molecule has 0 aliphatic rings. The van der Waals surface area contributed by atoms with Gasteiger partial charge in [-0.25, -0.2) is 0 Å². The van der Waals surface area contributed by atoms with E-state index in [0.717, 1.165) is 11.0 Å². The summed E-state index contributed by atoms with van der Waals surface area (Å²) in [6, 6.07) is 16.2. The molecule has 0 N–H and O–H groups in total. The summed E-state index contributed by atoms with van der Waals surface area (Å²) in [6.07, 6.45) is 3.96. The third-order valence-corrected chi connectivity index (χ3v) is 6.12. The number of para-hydroxylation sites is 1. The van der Waals surface area contributed by atoms with Crippen molar-refractivity contribution in [3.8, 4) is 0 Å². The Labute approximate surface area is 143 Å². The van der Waals surface area contributed by atoms with Crippen molar-refractivity contribution in [3.63, 3.8) is 0 Å². The van der Waals surface area contributed by atoms with Gasteiger partial charge in [-0.3, -0.25) is 4.98 Å². The van der Waals surface area contributed by atoms with Crippen LogP contribution in [0, 0.1) is 6.07 Å². The normalized spacial score (nSPS) is 12.0. The van der Waals surface area contributed by atoms with Crippen LogP contribution in [0.15, 0.2) is 48.8 Å². The molecule has 2 aromatic heterocycles. The van der Waals surface area contributed by atoms with Crippen molar-refractivity contribution < 1.29 is 18.9 Å². The second-order valence-corrected chi connectivity index (χ2v) is 11.6. The molecular formula is C18H17LiN2Si. The molecule has 0 bridgehead atoms. The van der Waals surface area contributed by atoms with Crippen LogP contribution in [0.5, 0.6) is 0 Å². The molecule has 0 unspecified atom stereocenters. The van der Waals surface area contributed by atoms with Gasteiger partial charge in [-0.15, -0.1) is 29.7 Å². The van der Waals surface area contributed by atoms with E-state index in [2.05, 4.69) is 71.6 Å². The minimum absolute atomic E-state index is 0. The van der Waals surface area contributed by atoms with Crippen LogP contribution in [0.1, 0.15) is 0 Å². The number of hydrogen-bond donors (Lipinski definition) is 0. The fourth-order valence-corrected chi connectivity index (χ4v) is 4.70. The van der Waals surface area contributed by atoms with E-state index in [1.54, 1.807) is 0 Å². The molecule has 104 valence electrons.